The summed E-state index contributed by atoms with van der Waals surface area (Å²) in [6.45, 7) is 2.44. The van der Waals surface area contributed by atoms with Crippen LogP contribution >= 0.6 is 0 Å². The van der Waals surface area contributed by atoms with Gasteiger partial charge in [-0.15, -0.1) is 0 Å². The summed E-state index contributed by atoms with van der Waals surface area (Å²) >= 11 is 0. The van der Waals surface area contributed by atoms with Crippen molar-refractivity contribution in [3.05, 3.63) is 35.6 Å². The normalized spacial score (nSPS) is 22.9. The first-order valence-corrected chi connectivity index (χ1v) is 6.94. The maximum Gasteiger partial charge on any atom is 0.222 e. The fourth-order valence-corrected chi connectivity index (χ4v) is 3.03. The van der Waals surface area contributed by atoms with Gasteiger partial charge in [0, 0.05) is 37.7 Å². The van der Waals surface area contributed by atoms with E-state index in [4.69, 9.17) is 0 Å². The van der Waals surface area contributed by atoms with E-state index in [1.165, 1.54) is 12.1 Å². The molecule has 1 atom stereocenters. The number of amides is 1. The van der Waals surface area contributed by atoms with Gasteiger partial charge >= 0.3 is 0 Å². The van der Waals surface area contributed by atoms with Crippen molar-refractivity contribution in [2.24, 2.45) is 0 Å². The molecule has 2 fully saturated rings. The lowest BCUT2D eigenvalue weighted by Crippen LogP contribution is -2.52. The number of halogens is 1. The topological polar surface area (TPSA) is 40.6 Å². The smallest absolute Gasteiger partial charge is 0.222 e. The molecule has 0 spiro atoms. The van der Waals surface area contributed by atoms with Gasteiger partial charge in [-0.05, 0) is 18.6 Å². The van der Waals surface area contributed by atoms with Crippen molar-refractivity contribution in [2.75, 3.05) is 26.2 Å². The Hall–Kier alpha value is -1.75. The number of benzene rings is 1. The molecule has 2 aliphatic heterocycles. The lowest BCUT2D eigenvalue weighted by Gasteiger charge is -2.37. The average Bonchev–Trinajstić information content (AvgIpc) is 2.80. The van der Waals surface area contributed by atoms with Crippen LogP contribution in [0.4, 0.5) is 4.39 Å². The van der Waals surface area contributed by atoms with Gasteiger partial charge in [-0.1, -0.05) is 12.1 Å². The number of Topliss-reactive ketones (excluding diaryl/α,β-unsaturated/α-hetero) is 1. The Morgan fingerprint density at radius 1 is 1.35 bits per heavy atom. The van der Waals surface area contributed by atoms with E-state index in [0.29, 0.717) is 31.6 Å². The first-order chi connectivity index (χ1) is 9.63. The highest BCUT2D eigenvalue weighted by molar-refractivity contribution is 5.97. The molecule has 1 aromatic rings. The highest BCUT2D eigenvalue weighted by Gasteiger charge is 2.35. The van der Waals surface area contributed by atoms with Crippen LogP contribution in [-0.4, -0.2) is 53.7 Å². The Morgan fingerprint density at radius 3 is 3.00 bits per heavy atom. The summed E-state index contributed by atoms with van der Waals surface area (Å²) in [6, 6.07) is 6.05. The van der Waals surface area contributed by atoms with Crippen molar-refractivity contribution >= 4 is 11.7 Å². The first-order valence-electron chi connectivity index (χ1n) is 6.94. The molecule has 2 aliphatic rings. The molecule has 0 aliphatic carbocycles. The molecule has 2 saturated heterocycles. The van der Waals surface area contributed by atoms with Crippen molar-refractivity contribution in [2.45, 2.75) is 18.9 Å². The van der Waals surface area contributed by atoms with Crippen LogP contribution in [0.3, 0.4) is 0 Å². The van der Waals surface area contributed by atoms with Crippen molar-refractivity contribution in [3.8, 4) is 0 Å². The minimum atomic E-state index is -0.387. The number of ketones is 1. The number of hydrogen-bond donors (Lipinski definition) is 0. The van der Waals surface area contributed by atoms with Gasteiger partial charge in [-0.2, -0.15) is 0 Å². The highest BCUT2D eigenvalue weighted by Crippen LogP contribution is 2.22. The lowest BCUT2D eigenvalue weighted by molar-refractivity contribution is -0.130. The SMILES string of the molecule is O=C(CN1CCN2C(=O)CCC2C1)c1cccc(F)c1. The number of fused-ring (bicyclic) bond motifs is 1. The second-order valence-corrected chi connectivity index (χ2v) is 5.45. The summed E-state index contributed by atoms with van der Waals surface area (Å²) in [5, 5.41) is 0. The van der Waals surface area contributed by atoms with Gasteiger partial charge in [0.25, 0.3) is 0 Å². The fraction of sp³-hybridized carbons (Fsp3) is 0.467. The minimum absolute atomic E-state index is 0.0673. The van der Waals surface area contributed by atoms with E-state index in [1.807, 2.05) is 4.90 Å². The van der Waals surface area contributed by atoms with Crippen molar-refractivity contribution in [3.63, 3.8) is 0 Å². The van der Waals surface area contributed by atoms with Crippen LogP contribution in [0.2, 0.25) is 0 Å². The van der Waals surface area contributed by atoms with Crippen LogP contribution in [0.15, 0.2) is 24.3 Å². The van der Waals surface area contributed by atoms with Gasteiger partial charge in [0.2, 0.25) is 5.91 Å². The lowest BCUT2D eigenvalue weighted by atomic mass is 10.1. The first kappa shape index (κ1) is 13.2. The molecule has 20 heavy (non-hydrogen) atoms. The molecular weight excluding hydrogens is 259 g/mol. The standard InChI is InChI=1S/C15H17FN2O2/c16-12-3-1-2-11(8-12)14(19)10-17-6-7-18-13(9-17)4-5-15(18)20/h1-3,8,13H,4-7,9-10H2. The Balaban J connectivity index is 1.61. The van der Waals surface area contributed by atoms with Crippen molar-refractivity contribution in [1.82, 2.24) is 9.80 Å². The van der Waals surface area contributed by atoms with Crippen LogP contribution in [0, 0.1) is 5.82 Å². The van der Waals surface area contributed by atoms with Crippen molar-refractivity contribution in [1.29, 1.82) is 0 Å². The number of carbonyl (C=O) groups excluding carboxylic acids is 2. The van der Waals surface area contributed by atoms with Gasteiger partial charge in [0.05, 0.1) is 6.54 Å². The predicted octanol–water partition coefficient (Wildman–Crippen LogP) is 1.31. The summed E-state index contributed by atoms with van der Waals surface area (Å²) in [5.41, 5.74) is 0.412. The molecule has 4 nitrogen and oxygen atoms in total. The molecule has 106 valence electrons. The van der Waals surface area contributed by atoms with Gasteiger partial charge in [0.15, 0.2) is 5.78 Å². The average molecular weight is 276 g/mol. The summed E-state index contributed by atoms with van der Waals surface area (Å²) < 4.78 is 13.1. The van der Waals surface area contributed by atoms with E-state index in [9.17, 15) is 14.0 Å². The number of piperazine rings is 1. The zero-order valence-electron chi connectivity index (χ0n) is 11.2. The molecule has 0 radical (unpaired) electrons. The number of carbonyl (C=O) groups is 2. The molecule has 0 N–H and O–H groups in total. The van der Waals surface area contributed by atoms with Crippen LogP contribution in [-0.2, 0) is 4.79 Å². The van der Waals surface area contributed by atoms with Crippen LogP contribution < -0.4 is 0 Å². The fourth-order valence-electron chi connectivity index (χ4n) is 3.03. The van der Waals surface area contributed by atoms with Crippen LogP contribution in [0.1, 0.15) is 23.2 Å². The molecule has 2 heterocycles. The third-order valence-electron chi connectivity index (χ3n) is 4.09. The van der Waals surface area contributed by atoms with E-state index >= 15 is 0 Å². The quantitative estimate of drug-likeness (QED) is 0.782. The maximum atomic E-state index is 13.1. The van der Waals surface area contributed by atoms with Crippen molar-refractivity contribution < 1.29 is 14.0 Å². The molecular formula is C15H17FN2O2. The van der Waals surface area contributed by atoms with Crippen LogP contribution in [0.25, 0.3) is 0 Å². The number of nitrogens with zero attached hydrogens (tertiary/aromatic N) is 2. The molecule has 0 bridgehead atoms. The minimum Gasteiger partial charge on any atom is -0.337 e. The van der Waals surface area contributed by atoms with E-state index in [2.05, 4.69) is 4.90 Å². The largest absolute Gasteiger partial charge is 0.337 e. The van der Waals surface area contributed by atoms with Crippen LogP contribution in [0.5, 0.6) is 0 Å². The Morgan fingerprint density at radius 2 is 2.20 bits per heavy atom. The molecule has 0 saturated carbocycles. The van der Waals surface area contributed by atoms with Gasteiger partial charge in [-0.25, -0.2) is 4.39 Å². The Labute approximate surface area is 117 Å². The molecule has 1 aromatic carbocycles. The number of rotatable bonds is 3. The van der Waals surface area contributed by atoms with E-state index in [0.717, 1.165) is 13.0 Å². The van der Waals surface area contributed by atoms with E-state index < -0.39 is 0 Å². The predicted molar refractivity (Wildman–Crippen MR) is 71.9 cm³/mol. The third-order valence-corrected chi connectivity index (χ3v) is 4.09. The maximum absolute atomic E-state index is 13.1. The molecule has 1 amide bonds. The Kier molecular flexibility index (Phi) is 3.53. The monoisotopic (exact) mass is 276 g/mol. The zero-order chi connectivity index (χ0) is 14.1. The van der Waals surface area contributed by atoms with E-state index in [1.54, 1.807) is 12.1 Å². The highest BCUT2D eigenvalue weighted by atomic mass is 19.1. The van der Waals surface area contributed by atoms with Gasteiger partial charge in [-0.3, -0.25) is 14.5 Å². The summed E-state index contributed by atoms with van der Waals surface area (Å²) in [5.74, 6) is -0.226. The zero-order valence-corrected chi connectivity index (χ0v) is 11.2. The second kappa shape index (κ2) is 5.32. The molecule has 0 aromatic heterocycles. The Bertz CT molecular complexity index is 546. The summed E-state index contributed by atoms with van der Waals surface area (Å²) in [7, 11) is 0. The second-order valence-electron chi connectivity index (χ2n) is 5.45. The molecule has 5 heteroatoms. The van der Waals surface area contributed by atoms with E-state index in [-0.39, 0.29) is 23.5 Å². The summed E-state index contributed by atoms with van der Waals surface area (Å²) in [4.78, 5) is 27.7. The third kappa shape index (κ3) is 2.58. The number of hydrogen-bond acceptors (Lipinski definition) is 3. The molecule has 1 unspecified atom stereocenters. The van der Waals surface area contributed by atoms with Gasteiger partial charge < -0.3 is 4.90 Å². The molecule has 3 rings (SSSR count). The van der Waals surface area contributed by atoms with Gasteiger partial charge in [0.1, 0.15) is 5.82 Å². The summed E-state index contributed by atoms with van der Waals surface area (Å²) in [6.07, 6.45) is 1.50.